The van der Waals surface area contributed by atoms with Crippen LogP contribution < -0.4 is 10.1 Å². The quantitative estimate of drug-likeness (QED) is 0.870. The lowest BCUT2D eigenvalue weighted by Gasteiger charge is -2.33. The summed E-state index contributed by atoms with van der Waals surface area (Å²) < 4.78 is 5.23. The molecular formula is C23H26N2O3. The van der Waals surface area contributed by atoms with E-state index in [0.717, 1.165) is 43.7 Å². The predicted molar refractivity (Wildman–Crippen MR) is 107 cm³/mol. The second-order valence-corrected chi connectivity index (χ2v) is 7.87. The van der Waals surface area contributed by atoms with Crippen molar-refractivity contribution < 1.29 is 14.3 Å². The van der Waals surface area contributed by atoms with E-state index in [2.05, 4.69) is 5.32 Å². The van der Waals surface area contributed by atoms with E-state index in [4.69, 9.17) is 4.74 Å². The number of hydrogen-bond acceptors (Lipinski definition) is 3. The Hall–Kier alpha value is -2.82. The molecule has 1 N–H and O–H groups in total. The maximum absolute atomic E-state index is 12.7. The number of carbonyl (C=O) groups is 2. The molecule has 1 saturated heterocycles. The van der Waals surface area contributed by atoms with Crippen LogP contribution in [0.15, 0.2) is 54.6 Å². The van der Waals surface area contributed by atoms with Crippen LogP contribution in [0.3, 0.4) is 0 Å². The summed E-state index contributed by atoms with van der Waals surface area (Å²) in [5, 5.41) is 3.17. The Balaban J connectivity index is 1.28. The Morgan fingerprint density at radius 1 is 1.11 bits per heavy atom. The van der Waals surface area contributed by atoms with Gasteiger partial charge in [0.25, 0.3) is 5.91 Å². The van der Waals surface area contributed by atoms with Gasteiger partial charge in [-0.25, -0.2) is 0 Å². The number of nitrogens with one attached hydrogen (secondary N) is 1. The van der Waals surface area contributed by atoms with Crippen LogP contribution >= 0.6 is 0 Å². The van der Waals surface area contributed by atoms with Crippen molar-refractivity contribution in [2.45, 2.75) is 31.7 Å². The van der Waals surface area contributed by atoms with Crippen LogP contribution in [0.25, 0.3) is 0 Å². The van der Waals surface area contributed by atoms with Gasteiger partial charge < -0.3 is 15.0 Å². The van der Waals surface area contributed by atoms with Crippen LogP contribution in [0.5, 0.6) is 5.75 Å². The lowest BCUT2D eigenvalue weighted by molar-refractivity contribution is -0.132. The molecule has 0 bridgehead atoms. The van der Waals surface area contributed by atoms with Crippen molar-refractivity contribution >= 4 is 11.8 Å². The van der Waals surface area contributed by atoms with Gasteiger partial charge in [-0.05, 0) is 54.5 Å². The summed E-state index contributed by atoms with van der Waals surface area (Å²) in [5.74, 6) is 0.936. The van der Waals surface area contributed by atoms with Crippen LogP contribution in [0, 0.1) is 5.41 Å². The van der Waals surface area contributed by atoms with Gasteiger partial charge in [-0.1, -0.05) is 30.3 Å². The van der Waals surface area contributed by atoms with Gasteiger partial charge in [-0.2, -0.15) is 0 Å². The number of benzene rings is 2. The fraction of sp³-hybridized carbons (Fsp3) is 0.391. The fourth-order valence-electron chi connectivity index (χ4n) is 4.21. The molecule has 2 aromatic carbocycles. The van der Waals surface area contributed by atoms with Gasteiger partial charge in [-0.15, -0.1) is 0 Å². The molecule has 2 aliphatic rings. The number of piperidine rings is 1. The molecule has 2 amide bonds. The molecule has 146 valence electrons. The van der Waals surface area contributed by atoms with Gasteiger partial charge >= 0.3 is 0 Å². The molecule has 2 fully saturated rings. The fourth-order valence-corrected chi connectivity index (χ4v) is 4.21. The van der Waals surface area contributed by atoms with Crippen molar-refractivity contribution in [2.75, 3.05) is 20.2 Å². The number of methoxy groups -OCH3 is 1. The first-order valence-electron chi connectivity index (χ1n) is 9.86. The molecule has 1 saturated carbocycles. The standard InChI is InChI=1S/C23H26N2O3/c1-28-19-9-5-6-17(14-19)15-21(26)25-12-10-23(11-13-25)16-20(23)24-22(27)18-7-3-2-4-8-18/h2-9,14,20H,10-13,15-16H2,1H3,(H,24,27). The van der Waals surface area contributed by atoms with E-state index < -0.39 is 0 Å². The Kier molecular flexibility index (Phi) is 5.07. The van der Waals surface area contributed by atoms with E-state index in [1.165, 1.54) is 0 Å². The lowest BCUT2D eigenvalue weighted by Crippen LogP contribution is -2.42. The average Bonchev–Trinajstić information content (AvgIpc) is 3.39. The topological polar surface area (TPSA) is 58.6 Å². The number of rotatable bonds is 5. The van der Waals surface area contributed by atoms with Gasteiger partial charge in [0.2, 0.25) is 5.91 Å². The molecule has 1 aliphatic heterocycles. The van der Waals surface area contributed by atoms with Crippen LogP contribution in [0.1, 0.15) is 35.2 Å². The van der Waals surface area contributed by atoms with Crippen molar-refractivity contribution in [1.82, 2.24) is 10.2 Å². The zero-order valence-electron chi connectivity index (χ0n) is 16.2. The molecule has 5 heteroatoms. The maximum Gasteiger partial charge on any atom is 0.251 e. The normalized spacial score (nSPS) is 19.9. The zero-order chi connectivity index (χ0) is 19.6. The summed E-state index contributed by atoms with van der Waals surface area (Å²) in [7, 11) is 1.63. The van der Waals surface area contributed by atoms with Gasteiger partial charge in [-0.3, -0.25) is 9.59 Å². The van der Waals surface area contributed by atoms with E-state index in [-0.39, 0.29) is 23.3 Å². The summed E-state index contributed by atoms with van der Waals surface area (Å²) in [4.78, 5) is 27.0. The third-order valence-corrected chi connectivity index (χ3v) is 6.13. The van der Waals surface area contributed by atoms with E-state index in [1.54, 1.807) is 7.11 Å². The van der Waals surface area contributed by atoms with Gasteiger partial charge in [0.1, 0.15) is 5.75 Å². The SMILES string of the molecule is COc1cccc(CC(=O)N2CCC3(CC2)CC3NC(=O)c2ccccc2)c1. The minimum absolute atomic E-state index is 0.000920. The number of nitrogens with zero attached hydrogens (tertiary/aromatic N) is 1. The molecule has 0 radical (unpaired) electrons. The third-order valence-electron chi connectivity index (χ3n) is 6.13. The number of hydrogen-bond donors (Lipinski definition) is 1. The summed E-state index contributed by atoms with van der Waals surface area (Å²) >= 11 is 0. The number of carbonyl (C=O) groups excluding carboxylic acids is 2. The van der Waals surface area contributed by atoms with Crippen molar-refractivity contribution in [1.29, 1.82) is 0 Å². The Morgan fingerprint density at radius 2 is 1.86 bits per heavy atom. The highest BCUT2D eigenvalue weighted by atomic mass is 16.5. The van der Waals surface area contributed by atoms with E-state index in [9.17, 15) is 9.59 Å². The molecule has 0 aromatic heterocycles. The Morgan fingerprint density at radius 3 is 2.57 bits per heavy atom. The molecule has 1 heterocycles. The van der Waals surface area contributed by atoms with Crippen LogP contribution in [0.2, 0.25) is 0 Å². The van der Waals surface area contributed by atoms with E-state index >= 15 is 0 Å². The number of ether oxygens (including phenoxy) is 1. The van der Waals surface area contributed by atoms with Crippen LogP contribution in [-0.4, -0.2) is 43.0 Å². The Labute approximate surface area is 165 Å². The molecule has 4 rings (SSSR count). The van der Waals surface area contributed by atoms with Crippen molar-refractivity contribution in [3.8, 4) is 5.75 Å². The molecular weight excluding hydrogens is 352 g/mol. The van der Waals surface area contributed by atoms with Crippen LogP contribution in [-0.2, 0) is 11.2 Å². The highest BCUT2D eigenvalue weighted by molar-refractivity contribution is 5.94. The first-order valence-corrected chi connectivity index (χ1v) is 9.86. The molecule has 28 heavy (non-hydrogen) atoms. The summed E-state index contributed by atoms with van der Waals surface area (Å²) in [6, 6.07) is 17.2. The molecule has 5 nitrogen and oxygen atoms in total. The minimum atomic E-state index is -0.000920. The molecule has 1 aliphatic carbocycles. The minimum Gasteiger partial charge on any atom is -0.497 e. The van der Waals surface area contributed by atoms with Gasteiger partial charge in [0.05, 0.1) is 13.5 Å². The first kappa shape index (κ1) is 18.5. The zero-order valence-corrected chi connectivity index (χ0v) is 16.2. The van der Waals surface area contributed by atoms with Crippen molar-refractivity contribution in [3.05, 3.63) is 65.7 Å². The third kappa shape index (κ3) is 3.88. The Bertz CT molecular complexity index is 857. The second-order valence-electron chi connectivity index (χ2n) is 7.87. The second kappa shape index (κ2) is 7.66. The van der Waals surface area contributed by atoms with Crippen LogP contribution in [0.4, 0.5) is 0 Å². The first-order chi connectivity index (χ1) is 13.6. The van der Waals surface area contributed by atoms with E-state index in [1.807, 2.05) is 59.5 Å². The van der Waals surface area contributed by atoms with Gasteiger partial charge in [0.15, 0.2) is 0 Å². The molecule has 1 spiro atoms. The highest BCUT2D eigenvalue weighted by Gasteiger charge is 2.55. The number of likely N-dealkylation sites (tertiary alicyclic amines) is 1. The largest absolute Gasteiger partial charge is 0.497 e. The summed E-state index contributed by atoms with van der Waals surface area (Å²) in [5.41, 5.74) is 1.86. The van der Waals surface area contributed by atoms with Crippen molar-refractivity contribution in [2.24, 2.45) is 5.41 Å². The van der Waals surface area contributed by atoms with E-state index in [0.29, 0.717) is 12.0 Å². The lowest BCUT2D eigenvalue weighted by atomic mass is 9.92. The van der Waals surface area contributed by atoms with Crippen molar-refractivity contribution in [3.63, 3.8) is 0 Å². The molecule has 1 unspecified atom stereocenters. The van der Waals surface area contributed by atoms with Gasteiger partial charge in [0, 0.05) is 24.7 Å². The maximum atomic E-state index is 12.7. The monoisotopic (exact) mass is 378 g/mol. The predicted octanol–water partition coefficient (Wildman–Crippen LogP) is 3.05. The summed E-state index contributed by atoms with van der Waals surface area (Å²) in [6.45, 7) is 1.53. The summed E-state index contributed by atoms with van der Waals surface area (Å²) in [6.07, 6.45) is 3.33. The number of amides is 2. The highest BCUT2D eigenvalue weighted by Crippen LogP contribution is 2.54. The molecule has 1 atom stereocenters. The molecule has 2 aromatic rings. The smallest absolute Gasteiger partial charge is 0.251 e. The average molecular weight is 378 g/mol.